The highest BCUT2D eigenvalue weighted by Crippen LogP contribution is 2.13. The number of ether oxygens (including phenoxy) is 1. The van der Waals surface area contributed by atoms with Crippen molar-refractivity contribution in [3.63, 3.8) is 0 Å². The maximum atomic E-state index is 5.51. The van der Waals surface area contributed by atoms with Crippen molar-refractivity contribution in [1.29, 1.82) is 0 Å². The second-order valence-corrected chi connectivity index (χ2v) is 2.95. The first-order valence-electron chi connectivity index (χ1n) is 3.89. The zero-order valence-corrected chi connectivity index (χ0v) is 7.32. The van der Waals surface area contributed by atoms with E-state index in [-0.39, 0.29) is 0 Å². The zero-order valence-electron chi connectivity index (χ0n) is 7.32. The lowest BCUT2D eigenvalue weighted by Gasteiger charge is -2.07. The number of nitrogen functional groups attached to an aromatic ring is 1. The highest BCUT2D eigenvalue weighted by atomic mass is 16.5. The Morgan fingerprint density at radius 2 is 2.08 bits per heavy atom. The molecule has 0 amide bonds. The summed E-state index contributed by atoms with van der Waals surface area (Å²) in [6.45, 7) is 4.74. The molecule has 1 heterocycles. The van der Waals surface area contributed by atoms with Crippen molar-refractivity contribution >= 4 is 5.82 Å². The molecule has 4 heteroatoms. The normalized spacial score (nSPS) is 10.2. The van der Waals surface area contributed by atoms with Crippen LogP contribution >= 0.6 is 0 Å². The van der Waals surface area contributed by atoms with Crippen molar-refractivity contribution < 1.29 is 4.74 Å². The third kappa shape index (κ3) is 2.38. The first kappa shape index (κ1) is 8.77. The van der Waals surface area contributed by atoms with E-state index in [2.05, 4.69) is 23.8 Å². The summed E-state index contributed by atoms with van der Waals surface area (Å²) < 4.78 is 5.30. The van der Waals surface area contributed by atoms with Crippen LogP contribution in [0.5, 0.6) is 5.88 Å². The van der Waals surface area contributed by atoms with Crippen LogP contribution in [0.15, 0.2) is 12.4 Å². The average Bonchev–Trinajstić information content (AvgIpc) is 2.03. The monoisotopic (exact) mass is 167 g/mol. The SMILES string of the molecule is CC(C)COc1nccnc1N. The zero-order chi connectivity index (χ0) is 8.97. The van der Waals surface area contributed by atoms with Gasteiger partial charge in [0.25, 0.3) is 5.88 Å². The number of nitrogens with two attached hydrogens (primary N) is 1. The summed E-state index contributed by atoms with van der Waals surface area (Å²) >= 11 is 0. The van der Waals surface area contributed by atoms with Gasteiger partial charge in [-0.2, -0.15) is 0 Å². The first-order valence-corrected chi connectivity index (χ1v) is 3.89. The Hall–Kier alpha value is -1.32. The summed E-state index contributed by atoms with van der Waals surface area (Å²) in [5, 5.41) is 0. The number of aromatic nitrogens is 2. The van der Waals surface area contributed by atoms with Crippen LogP contribution in [0.4, 0.5) is 5.82 Å². The molecule has 0 spiro atoms. The van der Waals surface area contributed by atoms with Gasteiger partial charge in [-0.1, -0.05) is 13.8 Å². The van der Waals surface area contributed by atoms with Crippen LogP contribution in [0.3, 0.4) is 0 Å². The predicted octanol–water partition coefficient (Wildman–Crippen LogP) is 1.09. The smallest absolute Gasteiger partial charge is 0.257 e. The summed E-state index contributed by atoms with van der Waals surface area (Å²) in [7, 11) is 0. The number of hydrogen-bond donors (Lipinski definition) is 1. The molecule has 0 saturated carbocycles. The largest absolute Gasteiger partial charge is 0.475 e. The number of nitrogens with zero attached hydrogens (tertiary/aromatic N) is 2. The van der Waals surface area contributed by atoms with Gasteiger partial charge in [0.1, 0.15) is 0 Å². The molecule has 12 heavy (non-hydrogen) atoms. The van der Waals surface area contributed by atoms with Gasteiger partial charge in [0.15, 0.2) is 5.82 Å². The van der Waals surface area contributed by atoms with E-state index in [0.717, 1.165) is 0 Å². The molecule has 1 aromatic heterocycles. The van der Waals surface area contributed by atoms with Crippen LogP contribution in [0.2, 0.25) is 0 Å². The lowest BCUT2D eigenvalue weighted by molar-refractivity contribution is 0.262. The molecule has 2 N–H and O–H groups in total. The fraction of sp³-hybridized carbons (Fsp3) is 0.500. The van der Waals surface area contributed by atoms with Gasteiger partial charge in [-0.25, -0.2) is 9.97 Å². The van der Waals surface area contributed by atoms with E-state index in [1.807, 2.05) is 0 Å². The molecule has 1 rings (SSSR count). The van der Waals surface area contributed by atoms with Crippen molar-refractivity contribution in [3.05, 3.63) is 12.4 Å². The van der Waals surface area contributed by atoms with E-state index >= 15 is 0 Å². The Kier molecular flexibility index (Phi) is 2.85. The maximum Gasteiger partial charge on any atom is 0.257 e. The van der Waals surface area contributed by atoms with Crippen molar-refractivity contribution in [3.8, 4) is 5.88 Å². The number of hydrogen-bond acceptors (Lipinski definition) is 4. The summed E-state index contributed by atoms with van der Waals surface area (Å²) in [6.07, 6.45) is 3.10. The molecule has 0 radical (unpaired) electrons. The molecule has 0 fully saturated rings. The van der Waals surface area contributed by atoms with Crippen LogP contribution in [0.1, 0.15) is 13.8 Å². The lowest BCUT2D eigenvalue weighted by Crippen LogP contribution is -2.07. The molecule has 4 nitrogen and oxygen atoms in total. The van der Waals surface area contributed by atoms with E-state index in [1.165, 1.54) is 6.20 Å². The van der Waals surface area contributed by atoms with Gasteiger partial charge < -0.3 is 10.5 Å². The van der Waals surface area contributed by atoms with Crippen molar-refractivity contribution in [2.24, 2.45) is 5.92 Å². The third-order valence-electron chi connectivity index (χ3n) is 1.24. The minimum absolute atomic E-state index is 0.346. The standard InChI is InChI=1S/C8H13N3O/c1-6(2)5-12-8-7(9)10-3-4-11-8/h3-4,6H,5H2,1-2H3,(H2,9,10). The Bertz CT molecular complexity index is 250. The summed E-state index contributed by atoms with van der Waals surface area (Å²) in [5.74, 6) is 1.23. The Balaban J connectivity index is 2.57. The summed E-state index contributed by atoms with van der Waals surface area (Å²) in [6, 6.07) is 0. The summed E-state index contributed by atoms with van der Waals surface area (Å²) in [5.41, 5.74) is 5.51. The van der Waals surface area contributed by atoms with E-state index in [1.54, 1.807) is 6.20 Å². The Morgan fingerprint density at radius 1 is 1.42 bits per heavy atom. The van der Waals surface area contributed by atoms with E-state index in [4.69, 9.17) is 10.5 Å². The molecule has 0 bridgehead atoms. The molecule has 0 aliphatic heterocycles. The quantitative estimate of drug-likeness (QED) is 0.732. The molecular weight excluding hydrogens is 154 g/mol. The second-order valence-electron chi connectivity index (χ2n) is 2.95. The van der Waals surface area contributed by atoms with Gasteiger partial charge in [-0.3, -0.25) is 0 Å². The van der Waals surface area contributed by atoms with Gasteiger partial charge in [-0.05, 0) is 5.92 Å². The molecule has 0 atom stereocenters. The summed E-state index contributed by atoms with van der Waals surface area (Å²) in [4.78, 5) is 7.79. The Morgan fingerprint density at radius 3 is 2.67 bits per heavy atom. The molecule has 1 aromatic rings. The van der Waals surface area contributed by atoms with Gasteiger partial charge >= 0.3 is 0 Å². The number of rotatable bonds is 3. The molecular formula is C8H13N3O. The third-order valence-corrected chi connectivity index (χ3v) is 1.24. The van der Waals surface area contributed by atoms with Crippen LogP contribution in [0, 0.1) is 5.92 Å². The predicted molar refractivity (Wildman–Crippen MR) is 46.8 cm³/mol. The second kappa shape index (κ2) is 3.90. The molecule has 0 aromatic carbocycles. The van der Waals surface area contributed by atoms with Crippen LogP contribution in [-0.2, 0) is 0 Å². The van der Waals surface area contributed by atoms with Crippen molar-refractivity contribution in [2.45, 2.75) is 13.8 Å². The fourth-order valence-corrected chi connectivity index (χ4v) is 0.693. The number of anilines is 1. The first-order chi connectivity index (χ1) is 5.70. The van der Waals surface area contributed by atoms with Gasteiger partial charge in [0.2, 0.25) is 0 Å². The fourth-order valence-electron chi connectivity index (χ4n) is 0.693. The lowest BCUT2D eigenvalue weighted by atomic mass is 10.2. The maximum absolute atomic E-state index is 5.51. The van der Waals surface area contributed by atoms with Gasteiger partial charge in [0.05, 0.1) is 6.61 Å². The van der Waals surface area contributed by atoms with Gasteiger partial charge in [-0.15, -0.1) is 0 Å². The van der Waals surface area contributed by atoms with E-state index < -0.39 is 0 Å². The van der Waals surface area contributed by atoms with Crippen molar-refractivity contribution in [2.75, 3.05) is 12.3 Å². The van der Waals surface area contributed by atoms with Crippen LogP contribution in [-0.4, -0.2) is 16.6 Å². The molecule has 0 unspecified atom stereocenters. The average molecular weight is 167 g/mol. The van der Waals surface area contributed by atoms with E-state index in [9.17, 15) is 0 Å². The Labute approximate surface area is 71.8 Å². The molecule has 0 aliphatic rings. The minimum atomic E-state index is 0.346. The highest BCUT2D eigenvalue weighted by Gasteiger charge is 2.02. The van der Waals surface area contributed by atoms with E-state index in [0.29, 0.717) is 24.2 Å². The van der Waals surface area contributed by atoms with Crippen LogP contribution in [0.25, 0.3) is 0 Å². The molecule has 0 aliphatic carbocycles. The topological polar surface area (TPSA) is 61.0 Å². The minimum Gasteiger partial charge on any atom is -0.475 e. The van der Waals surface area contributed by atoms with Gasteiger partial charge in [0, 0.05) is 12.4 Å². The van der Waals surface area contributed by atoms with Crippen molar-refractivity contribution in [1.82, 2.24) is 9.97 Å². The molecule has 0 saturated heterocycles. The highest BCUT2D eigenvalue weighted by molar-refractivity contribution is 5.38. The molecule has 66 valence electrons. The van der Waals surface area contributed by atoms with Crippen LogP contribution < -0.4 is 10.5 Å².